The molecule has 0 fully saturated rings. The fraction of sp³-hybridized carbons (Fsp3) is 0.417. The second kappa shape index (κ2) is 4.89. The monoisotopic (exact) mass is 239 g/mol. The van der Waals surface area contributed by atoms with Gasteiger partial charge in [0.1, 0.15) is 5.60 Å². The van der Waals surface area contributed by atoms with Crippen LogP contribution in [0.5, 0.6) is 0 Å². The molecule has 0 unspecified atom stereocenters. The van der Waals surface area contributed by atoms with E-state index in [9.17, 15) is 9.90 Å². The van der Waals surface area contributed by atoms with Crippen molar-refractivity contribution >= 4 is 23.4 Å². The summed E-state index contributed by atoms with van der Waals surface area (Å²) in [5.74, 6) is -0.315. The van der Waals surface area contributed by atoms with Gasteiger partial charge in [-0.3, -0.25) is 4.79 Å². The Morgan fingerprint density at radius 2 is 1.81 bits per heavy atom. The molecule has 88 valence electrons. The SMILES string of the molecule is CSc1ccc(N(C)C(=O)C(C)(C)O)cc1. The van der Waals surface area contributed by atoms with Gasteiger partial charge in [-0.15, -0.1) is 11.8 Å². The molecule has 1 N–H and O–H groups in total. The minimum Gasteiger partial charge on any atom is -0.381 e. The fourth-order valence-electron chi connectivity index (χ4n) is 1.33. The van der Waals surface area contributed by atoms with E-state index in [1.54, 1.807) is 18.8 Å². The maximum Gasteiger partial charge on any atom is 0.258 e. The van der Waals surface area contributed by atoms with Crippen molar-refractivity contribution in [1.29, 1.82) is 0 Å². The largest absolute Gasteiger partial charge is 0.381 e. The zero-order valence-electron chi connectivity index (χ0n) is 10.0. The highest BCUT2D eigenvalue weighted by Gasteiger charge is 2.27. The maximum atomic E-state index is 11.8. The van der Waals surface area contributed by atoms with E-state index in [1.807, 2.05) is 30.5 Å². The van der Waals surface area contributed by atoms with Crippen molar-refractivity contribution in [3.8, 4) is 0 Å². The van der Waals surface area contributed by atoms with Gasteiger partial charge in [0.15, 0.2) is 0 Å². The van der Waals surface area contributed by atoms with E-state index in [4.69, 9.17) is 0 Å². The van der Waals surface area contributed by atoms with E-state index >= 15 is 0 Å². The predicted octanol–water partition coefficient (Wildman–Crippen LogP) is 2.14. The Labute approximate surface area is 100 Å². The van der Waals surface area contributed by atoms with Crippen LogP contribution in [0.25, 0.3) is 0 Å². The Bertz CT molecular complexity index is 368. The van der Waals surface area contributed by atoms with Crippen molar-refractivity contribution in [2.75, 3.05) is 18.2 Å². The number of aliphatic hydroxyl groups is 1. The van der Waals surface area contributed by atoms with Crippen LogP contribution in [0, 0.1) is 0 Å². The maximum absolute atomic E-state index is 11.8. The molecule has 0 aliphatic rings. The number of carbonyl (C=O) groups excluding carboxylic acids is 1. The van der Waals surface area contributed by atoms with Crippen LogP contribution in [0.1, 0.15) is 13.8 Å². The van der Waals surface area contributed by atoms with Gasteiger partial charge in [0.25, 0.3) is 5.91 Å². The number of rotatable bonds is 3. The Morgan fingerprint density at radius 3 is 2.19 bits per heavy atom. The van der Waals surface area contributed by atoms with Gasteiger partial charge in [-0.05, 0) is 44.4 Å². The third-order valence-corrected chi connectivity index (χ3v) is 3.03. The fourth-order valence-corrected chi connectivity index (χ4v) is 1.74. The van der Waals surface area contributed by atoms with Crippen LogP contribution in [-0.4, -0.2) is 29.9 Å². The summed E-state index contributed by atoms with van der Waals surface area (Å²) in [6.45, 7) is 2.98. The quantitative estimate of drug-likeness (QED) is 0.822. The van der Waals surface area contributed by atoms with Crippen LogP contribution in [-0.2, 0) is 4.79 Å². The van der Waals surface area contributed by atoms with Crippen molar-refractivity contribution < 1.29 is 9.90 Å². The molecular weight excluding hydrogens is 222 g/mol. The Hall–Kier alpha value is -1.00. The molecule has 0 atom stereocenters. The molecule has 0 radical (unpaired) electrons. The zero-order valence-corrected chi connectivity index (χ0v) is 10.8. The van der Waals surface area contributed by atoms with Crippen LogP contribution in [0.2, 0.25) is 0 Å². The first-order chi connectivity index (χ1) is 7.36. The minimum absolute atomic E-state index is 0.315. The third-order valence-electron chi connectivity index (χ3n) is 2.29. The summed E-state index contributed by atoms with van der Waals surface area (Å²) >= 11 is 1.65. The molecule has 1 aromatic carbocycles. The smallest absolute Gasteiger partial charge is 0.258 e. The van der Waals surface area contributed by atoms with Crippen molar-refractivity contribution in [1.82, 2.24) is 0 Å². The number of amides is 1. The van der Waals surface area contributed by atoms with Crippen LogP contribution in [0.15, 0.2) is 29.2 Å². The van der Waals surface area contributed by atoms with Crippen LogP contribution >= 0.6 is 11.8 Å². The lowest BCUT2D eigenvalue weighted by atomic mass is 10.1. The van der Waals surface area contributed by atoms with Crippen molar-refractivity contribution in [2.24, 2.45) is 0 Å². The number of anilines is 1. The highest BCUT2D eigenvalue weighted by molar-refractivity contribution is 7.98. The summed E-state index contributed by atoms with van der Waals surface area (Å²) in [5, 5.41) is 9.62. The topological polar surface area (TPSA) is 40.5 Å². The second-order valence-corrected chi connectivity index (χ2v) is 5.00. The third kappa shape index (κ3) is 3.00. The van der Waals surface area contributed by atoms with Gasteiger partial charge in [0.05, 0.1) is 0 Å². The van der Waals surface area contributed by atoms with E-state index in [1.165, 1.54) is 18.7 Å². The Morgan fingerprint density at radius 1 is 1.31 bits per heavy atom. The molecule has 1 rings (SSSR count). The normalized spacial score (nSPS) is 11.3. The first-order valence-electron chi connectivity index (χ1n) is 5.01. The lowest BCUT2D eigenvalue weighted by Gasteiger charge is -2.25. The molecule has 3 nitrogen and oxygen atoms in total. The molecule has 4 heteroatoms. The molecule has 0 saturated carbocycles. The molecule has 0 heterocycles. The van der Waals surface area contributed by atoms with Gasteiger partial charge < -0.3 is 10.0 Å². The van der Waals surface area contributed by atoms with E-state index in [0.717, 1.165) is 10.6 Å². The predicted molar refractivity (Wildman–Crippen MR) is 67.9 cm³/mol. The molecule has 0 saturated heterocycles. The van der Waals surface area contributed by atoms with Crippen LogP contribution < -0.4 is 4.90 Å². The lowest BCUT2D eigenvalue weighted by molar-refractivity contribution is -0.133. The summed E-state index contributed by atoms with van der Waals surface area (Å²) in [4.78, 5) is 14.4. The van der Waals surface area contributed by atoms with E-state index < -0.39 is 5.60 Å². The Balaban J connectivity index is 2.88. The summed E-state index contributed by atoms with van der Waals surface area (Å²) in [5.41, 5.74) is -0.558. The molecule has 16 heavy (non-hydrogen) atoms. The average Bonchev–Trinajstić information content (AvgIpc) is 2.26. The van der Waals surface area contributed by atoms with E-state index in [0.29, 0.717) is 0 Å². The molecule has 1 amide bonds. The molecule has 1 aromatic rings. The molecule has 0 bridgehead atoms. The number of thioether (sulfide) groups is 1. The van der Waals surface area contributed by atoms with Gasteiger partial charge in [0, 0.05) is 17.6 Å². The number of carbonyl (C=O) groups is 1. The highest BCUT2D eigenvalue weighted by Crippen LogP contribution is 2.21. The minimum atomic E-state index is -1.34. The molecule has 0 aliphatic carbocycles. The standard InChI is InChI=1S/C12H17NO2S/c1-12(2,15)11(14)13(3)9-5-7-10(16-4)8-6-9/h5-8,15H,1-4H3. The van der Waals surface area contributed by atoms with E-state index in [-0.39, 0.29) is 5.91 Å². The van der Waals surface area contributed by atoms with Crippen molar-refractivity contribution in [3.63, 3.8) is 0 Å². The number of hydrogen-bond donors (Lipinski definition) is 1. The van der Waals surface area contributed by atoms with Crippen LogP contribution in [0.3, 0.4) is 0 Å². The second-order valence-electron chi connectivity index (χ2n) is 4.12. The summed E-state index contributed by atoms with van der Waals surface area (Å²) in [6, 6.07) is 7.65. The van der Waals surface area contributed by atoms with Crippen molar-refractivity contribution in [3.05, 3.63) is 24.3 Å². The number of likely N-dealkylation sites (N-methyl/N-ethyl adjacent to an activating group) is 1. The summed E-state index contributed by atoms with van der Waals surface area (Å²) < 4.78 is 0. The van der Waals surface area contributed by atoms with E-state index in [2.05, 4.69) is 0 Å². The molecule has 0 spiro atoms. The van der Waals surface area contributed by atoms with Crippen molar-refractivity contribution in [2.45, 2.75) is 24.3 Å². The highest BCUT2D eigenvalue weighted by atomic mass is 32.2. The first kappa shape index (κ1) is 13.1. The van der Waals surface area contributed by atoms with Gasteiger partial charge in [-0.2, -0.15) is 0 Å². The number of hydrogen-bond acceptors (Lipinski definition) is 3. The summed E-state index contributed by atoms with van der Waals surface area (Å²) in [6.07, 6.45) is 2.00. The summed E-state index contributed by atoms with van der Waals surface area (Å²) in [7, 11) is 1.66. The van der Waals surface area contributed by atoms with Gasteiger partial charge >= 0.3 is 0 Å². The zero-order chi connectivity index (χ0) is 12.3. The average molecular weight is 239 g/mol. The van der Waals surface area contributed by atoms with Gasteiger partial charge in [-0.25, -0.2) is 0 Å². The lowest BCUT2D eigenvalue weighted by Crippen LogP contribution is -2.43. The molecular formula is C12H17NO2S. The van der Waals surface area contributed by atoms with Gasteiger partial charge in [-0.1, -0.05) is 0 Å². The molecule has 0 aromatic heterocycles. The number of benzene rings is 1. The number of nitrogens with zero attached hydrogens (tertiary/aromatic N) is 1. The first-order valence-corrected chi connectivity index (χ1v) is 6.23. The van der Waals surface area contributed by atoms with Gasteiger partial charge in [0.2, 0.25) is 0 Å². The van der Waals surface area contributed by atoms with Crippen LogP contribution in [0.4, 0.5) is 5.69 Å². The Kier molecular flexibility index (Phi) is 3.99. The molecule has 0 aliphatic heterocycles.